The molecule has 0 heterocycles. The summed E-state index contributed by atoms with van der Waals surface area (Å²) in [6.45, 7) is 0. The van der Waals surface area contributed by atoms with Crippen molar-refractivity contribution < 1.29 is 0 Å². The van der Waals surface area contributed by atoms with Crippen LogP contribution < -0.4 is 5.19 Å². The summed E-state index contributed by atoms with van der Waals surface area (Å²) in [4.78, 5) is 0. The summed E-state index contributed by atoms with van der Waals surface area (Å²) in [5, 5.41) is 1.58. The molecule has 0 aliphatic carbocycles. The van der Waals surface area contributed by atoms with Crippen molar-refractivity contribution in [3.8, 4) is 0 Å². The Bertz CT molecular complexity index is 198. The molecule has 66 valence electrons. The smallest absolute Gasteiger partial charge is 0.0547 e. The molecule has 0 aliphatic heterocycles. The van der Waals surface area contributed by atoms with Crippen molar-refractivity contribution in [3.05, 3.63) is 30.3 Å². The molecule has 0 spiro atoms. The first-order valence-corrected chi connectivity index (χ1v) is 6.77. The Morgan fingerprint density at radius 2 is 1.83 bits per heavy atom. The summed E-state index contributed by atoms with van der Waals surface area (Å²) < 4.78 is 0. The Balaban J connectivity index is 2.16. The molecule has 0 unspecified atom stereocenters. The van der Waals surface area contributed by atoms with Gasteiger partial charge in [-0.2, -0.15) is 0 Å². The van der Waals surface area contributed by atoms with E-state index in [1.165, 1.54) is 18.9 Å². The van der Waals surface area contributed by atoms with Crippen molar-refractivity contribution in [1.29, 1.82) is 0 Å². The second-order valence-electron chi connectivity index (χ2n) is 2.99. The van der Waals surface area contributed by atoms with Gasteiger partial charge in [-0.15, -0.1) is 11.6 Å². The third-order valence-electron chi connectivity index (χ3n) is 1.94. The van der Waals surface area contributed by atoms with Gasteiger partial charge in [0.25, 0.3) is 0 Å². The molecular weight excluding hydrogens is 184 g/mol. The van der Waals surface area contributed by atoms with E-state index in [1.807, 2.05) is 0 Å². The van der Waals surface area contributed by atoms with Crippen LogP contribution in [0.15, 0.2) is 30.3 Å². The minimum absolute atomic E-state index is 0.00963. The normalized spacial score (nSPS) is 11.1. The Hall–Kier alpha value is -0.273. The molecule has 0 nitrogen and oxygen atoms in total. The molecule has 0 aromatic heterocycles. The third kappa shape index (κ3) is 3.93. The van der Waals surface area contributed by atoms with Crippen LogP contribution in [0.5, 0.6) is 0 Å². The van der Waals surface area contributed by atoms with Gasteiger partial charge in [0.15, 0.2) is 0 Å². The topological polar surface area (TPSA) is 0 Å². The van der Waals surface area contributed by atoms with Crippen LogP contribution in [-0.4, -0.2) is 15.4 Å². The minimum Gasteiger partial charge on any atom is -0.127 e. The summed E-state index contributed by atoms with van der Waals surface area (Å²) >= 11 is 5.60. The second-order valence-corrected chi connectivity index (χ2v) is 5.39. The number of alkyl halides is 1. The van der Waals surface area contributed by atoms with Crippen LogP contribution in [-0.2, 0) is 0 Å². The number of hydrogen-bond donors (Lipinski definition) is 0. The van der Waals surface area contributed by atoms with Crippen molar-refractivity contribution in [3.63, 3.8) is 0 Å². The SMILES string of the molecule is ClCCCC[SiH2]c1ccccc1. The summed E-state index contributed by atoms with van der Waals surface area (Å²) in [7, 11) is 0.00963. The molecule has 0 saturated heterocycles. The molecular formula is C10H15ClSi. The van der Waals surface area contributed by atoms with Gasteiger partial charge in [0, 0.05) is 5.88 Å². The van der Waals surface area contributed by atoms with E-state index in [0.717, 1.165) is 5.88 Å². The highest BCUT2D eigenvalue weighted by Crippen LogP contribution is 1.96. The fourth-order valence-corrected chi connectivity index (χ4v) is 3.05. The Morgan fingerprint density at radius 1 is 1.08 bits per heavy atom. The van der Waals surface area contributed by atoms with E-state index in [-0.39, 0.29) is 9.52 Å². The lowest BCUT2D eigenvalue weighted by Crippen LogP contribution is -2.12. The minimum atomic E-state index is 0.00963. The number of halogens is 1. The van der Waals surface area contributed by atoms with Gasteiger partial charge in [0.05, 0.1) is 9.52 Å². The lowest BCUT2D eigenvalue weighted by Gasteiger charge is -1.98. The lowest BCUT2D eigenvalue weighted by molar-refractivity contribution is 0.887. The average Bonchev–Trinajstić information content (AvgIpc) is 2.14. The van der Waals surface area contributed by atoms with Gasteiger partial charge in [0.2, 0.25) is 0 Å². The van der Waals surface area contributed by atoms with Crippen LogP contribution in [0.1, 0.15) is 12.8 Å². The van der Waals surface area contributed by atoms with Crippen molar-refractivity contribution in [2.45, 2.75) is 18.9 Å². The predicted octanol–water partition coefficient (Wildman–Crippen LogP) is 1.92. The maximum atomic E-state index is 5.60. The van der Waals surface area contributed by atoms with Gasteiger partial charge < -0.3 is 0 Å². The molecule has 0 radical (unpaired) electrons. The van der Waals surface area contributed by atoms with Crippen molar-refractivity contribution in [2.75, 3.05) is 5.88 Å². The van der Waals surface area contributed by atoms with Crippen LogP contribution in [0.2, 0.25) is 6.04 Å². The van der Waals surface area contributed by atoms with Gasteiger partial charge in [-0.1, -0.05) is 48.0 Å². The highest BCUT2D eigenvalue weighted by Gasteiger charge is 1.92. The molecule has 1 aromatic rings. The molecule has 1 aromatic carbocycles. The van der Waals surface area contributed by atoms with Crippen molar-refractivity contribution >= 4 is 26.3 Å². The number of benzene rings is 1. The van der Waals surface area contributed by atoms with Gasteiger partial charge in [-0.05, 0) is 6.42 Å². The van der Waals surface area contributed by atoms with Crippen molar-refractivity contribution in [2.24, 2.45) is 0 Å². The Kier molecular flexibility index (Phi) is 5.12. The zero-order chi connectivity index (χ0) is 8.65. The maximum absolute atomic E-state index is 5.60. The monoisotopic (exact) mass is 198 g/mol. The molecule has 0 atom stereocenters. The van der Waals surface area contributed by atoms with Crippen LogP contribution in [0.4, 0.5) is 0 Å². The zero-order valence-corrected chi connectivity index (χ0v) is 9.47. The quantitative estimate of drug-likeness (QED) is 0.385. The van der Waals surface area contributed by atoms with E-state index in [4.69, 9.17) is 11.6 Å². The molecule has 12 heavy (non-hydrogen) atoms. The first-order valence-electron chi connectivity index (χ1n) is 4.53. The van der Waals surface area contributed by atoms with E-state index in [1.54, 1.807) is 5.19 Å². The maximum Gasteiger partial charge on any atom is 0.0547 e. The van der Waals surface area contributed by atoms with Crippen LogP contribution in [0, 0.1) is 0 Å². The molecule has 0 aliphatic rings. The number of unbranched alkanes of at least 4 members (excludes halogenated alkanes) is 1. The molecule has 0 N–H and O–H groups in total. The largest absolute Gasteiger partial charge is 0.127 e. The van der Waals surface area contributed by atoms with E-state index in [0.29, 0.717) is 0 Å². The standard InChI is InChI=1S/C10H15ClSi/c11-8-4-5-9-12-10-6-2-1-3-7-10/h1-3,6-7H,4-5,8-9,12H2. The predicted molar refractivity (Wildman–Crippen MR) is 59.4 cm³/mol. The fraction of sp³-hybridized carbons (Fsp3) is 0.400. The first-order chi connectivity index (χ1) is 5.93. The molecule has 0 bridgehead atoms. The number of hydrogen-bond acceptors (Lipinski definition) is 0. The van der Waals surface area contributed by atoms with Gasteiger partial charge in [-0.3, -0.25) is 0 Å². The molecule has 0 fully saturated rings. The summed E-state index contributed by atoms with van der Waals surface area (Å²) in [6, 6.07) is 12.2. The molecule has 0 amide bonds. The van der Waals surface area contributed by atoms with E-state index >= 15 is 0 Å². The van der Waals surface area contributed by atoms with Crippen LogP contribution >= 0.6 is 11.6 Å². The highest BCUT2D eigenvalue weighted by molar-refractivity contribution is 6.53. The van der Waals surface area contributed by atoms with E-state index in [2.05, 4.69) is 30.3 Å². The molecule has 1 rings (SSSR count). The van der Waals surface area contributed by atoms with E-state index < -0.39 is 0 Å². The fourth-order valence-electron chi connectivity index (χ4n) is 1.25. The zero-order valence-electron chi connectivity index (χ0n) is 7.30. The Morgan fingerprint density at radius 3 is 2.50 bits per heavy atom. The van der Waals surface area contributed by atoms with E-state index in [9.17, 15) is 0 Å². The second kappa shape index (κ2) is 6.27. The number of rotatable bonds is 5. The Labute approximate surface area is 81.8 Å². The van der Waals surface area contributed by atoms with Gasteiger partial charge in [-0.25, -0.2) is 0 Å². The summed E-state index contributed by atoms with van der Waals surface area (Å²) in [6.07, 6.45) is 2.49. The molecule has 2 heteroatoms. The van der Waals surface area contributed by atoms with Crippen LogP contribution in [0.3, 0.4) is 0 Å². The lowest BCUT2D eigenvalue weighted by atomic mass is 10.4. The first kappa shape index (κ1) is 9.81. The van der Waals surface area contributed by atoms with Gasteiger partial charge >= 0.3 is 0 Å². The average molecular weight is 199 g/mol. The van der Waals surface area contributed by atoms with Crippen molar-refractivity contribution in [1.82, 2.24) is 0 Å². The third-order valence-corrected chi connectivity index (χ3v) is 4.11. The summed E-state index contributed by atoms with van der Waals surface area (Å²) in [5.74, 6) is 0.823. The highest BCUT2D eigenvalue weighted by atomic mass is 35.5. The van der Waals surface area contributed by atoms with Crippen LogP contribution in [0.25, 0.3) is 0 Å². The molecule has 0 saturated carbocycles. The van der Waals surface area contributed by atoms with Gasteiger partial charge in [0.1, 0.15) is 0 Å². The summed E-state index contributed by atoms with van der Waals surface area (Å²) in [5.41, 5.74) is 0.